The number of H-pyrrole nitrogens is 1. The third-order valence-electron chi connectivity index (χ3n) is 5.62. The first-order chi connectivity index (χ1) is 12.8. The van der Waals surface area contributed by atoms with E-state index in [1.165, 1.54) is 22.0 Å². The van der Waals surface area contributed by atoms with Crippen LogP contribution in [0, 0.1) is 0 Å². The van der Waals surface area contributed by atoms with Gasteiger partial charge in [0.15, 0.2) is 0 Å². The van der Waals surface area contributed by atoms with Crippen molar-refractivity contribution in [2.75, 3.05) is 26.9 Å². The summed E-state index contributed by atoms with van der Waals surface area (Å²) in [7, 11) is 1.71. The highest BCUT2D eigenvalue weighted by atomic mass is 16.5. The van der Waals surface area contributed by atoms with E-state index < -0.39 is 0 Å². The molecule has 2 aromatic carbocycles. The van der Waals surface area contributed by atoms with E-state index in [4.69, 9.17) is 9.47 Å². The van der Waals surface area contributed by atoms with E-state index in [-0.39, 0.29) is 5.41 Å². The summed E-state index contributed by atoms with van der Waals surface area (Å²) in [4.78, 5) is 3.29. The number of aromatic amines is 1. The molecule has 4 rings (SSSR count). The van der Waals surface area contributed by atoms with E-state index in [0.717, 1.165) is 44.9 Å². The quantitative estimate of drug-likeness (QED) is 0.706. The summed E-state index contributed by atoms with van der Waals surface area (Å²) in [6.45, 7) is 3.46. The lowest BCUT2D eigenvalue weighted by molar-refractivity contribution is 0.0498. The van der Waals surface area contributed by atoms with E-state index in [1.807, 2.05) is 6.20 Å². The number of methoxy groups -OCH3 is 1. The Bertz CT molecular complexity index is 848. The molecule has 1 fully saturated rings. The molecule has 26 heavy (non-hydrogen) atoms. The van der Waals surface area contributed by atoms with Gasteiger partial charge in [0.2, 0.25) is 0 Å². The molecule has 0 unspecified atom stereocenters. The van der Waals surface area contributed by atoms with Gasteiger partial charge in [-0.2, -0.15) is 0 Å². The molecule has 1 aliphatic heterocycles. The van der Waals surface area contributed by atoms with Crippen molar-refractivity contribution in [1.82, 2.24) is 10.3 Å². The van der Waals surface area contributed by atoms with Gasteiger partial charge in [-0.05, 0) is 48.2 Å². The van der Waals surface area contributed by atoms with Crippen molar-refractivity contribution in [2.45, 2.75) is 24.8 Å². The van der Waals surface area contributed by atoms with Gasteiger partial charge in [-0.3, -0.25) is 0 Å². The molecule has 1 saturated heterocycles. The summed E-state index contributed by atoms with van der Waals surface area (Å²) in [6.07, 6.45) is 4.09. The van der Waals surface area contributed by atoms with Crippen LogP contribution in [0.5, 0.6) is 5.75 Å². The number of fused-ring (bicyclic) bond motifs is 1. The van der Waals surface area contributed by atoms with E-state index in [9.17, 15) is 0 Å². The van der Waals surface area contributed by atoms with Crippen molar-refractivity contribution in [3.8, 4) is 5.75 Å². The van der Waals surface area contributed by atoms with Gasteiger partial charge in [-0.1, -0.05) is 24.3 Å². The lowest BCUT2D eigenvalue weighted by Gasteiger charge is -2.38. The van der Waals surface area contributed by atoms with Gasteiger partial charge in [0, 0.05) is 48.8 Å². The van der Waals surface area contributed by atoms with Crippen LogP contribution in [0.15, 0.2) is 54.7 Å². The molecular formula is C22H26N2O2. The average Bonchev–Trinajstić information content (AvgIpc) is 3.18. The number of aromatic nitrogens is 1. The topological polar surface area (TPSA) is 46.3 Å². The summed E-state index contributed by atoms with van der Waals surface area (Å²) in [5.41, 5.74) is 4.02. The molecule has 2 N–H and O–H groups in total. The van der Waals surface area contributed by atoms with Crippen molar-refractivity contribution in [2.24, 2.45) is 0 Å². The Labute approximate surface area is 154 Å². The minimum atomic E-state index is 0.122. The molecule has 4 heteroatoms. The van der Waals surface area contributed by atoms with Crippen LogP contribution in [-0.4, -0.2) is 31.9 Å². The van der Waals surface area contributed by atoms with Crippen LogP contribution in [0.3, 0.4) is 0 Å². The minimum Gasteiger partial charge on any atom is -0.497 e. The van der Waals surface area contributed by atoms with Crippen LogP contribution in [0.25, 0.3) is 10.9 Å². The highest BCUT2D eigenvalue weighted by Crippen LogP contribution is 2.35. The molecule has 1 aliphatic rings. The number of hydrogen-bond acceptors (Lipinski definition) is 3. The van der Waals surface area contributed by atoms with Gasteiger partial charge in [-0.15, -0.1) is 0 Å². The third kappa shape index (κ3) is 3.35. The maximum atomic E-state index is 5.65. The second kappa shape index (κ2) is 7.52. The molecule has 0 bridgehead atoms. The van der Waals surface area contributed by atoms with Crippen molar-refractivity contribution < 1.29 is 9.47 Å². The Hall–Kier alpha value is -2.30. The first-order valence-electron chi connectivity index (χ1n) is 9.29. The molecule has 0 saturated carbocycles. The zero-order valence-corrected chi connectivity index (χ0v) is 15.3. The molecule has 3 aromatic rings. The molecule has 2 heterocycles. The highest BCUT2D eigenvalue weighted by molar-refractivity contribution is 5.82. The van der Waals surface area contributed by atoms with Gasteiger partial charge in [0.1, 0.15) is 5.75 Å². The predicted octanol–water partition coefficient (Wildman–Crippen LogP) is 4.01. The Kier molecular flexibility index (Phi) is 4.96. The molecule has 136 valence electrons. The van der Waals surface area contributed by atoms with Crippen LogP contribution in [0.1, 0.15) is 24.0 Å². The minimum absolute atomic E-state index is 0.122. The third-order valence-corrected chi connectivity index (χ3v) is 5.62. The first kappa shape index (κ1) is 17.1. The van der Waals surface area contributed by atoms with Gasteiger partial charge >= 0.3 is 0 Å². The number of rotatable bonds is 6. The van der Waals surface area contributed by atoms with Crippen molar-refractivity contribution in [3.05, 3.63) is 65.9 Å². The van der Waals surface area contributed by atoms with Crippen molar-refractivity contribution in [1.29, 1.82) is 0 Å². The summed E-state index contributed by atoms with van der Waals surface area (Å²) in [5.74, 6) is 0.906. The molecule has 0 radical (unpaired) electrons. The van der Waals surface area contributed by atoms with E-state index in [2.05, 4.69) is 58.8 Å². The summed E-state index contributed by atoms with van der Waals surface area (Å²) < 4.78 is 11.0. The van der Waals surface area contributed by atoms with Crippen molar-refractivity contribution >= 4 is 10.9 Å². The summed E-state index contributed by atoms with van der Waals surface area (Å²) >= 11 is 0. The number of hydrogen-bond donors (Lipinski definition) is 2. The van der Waals surface area contributed by atoms with Gasteiger partial charge in [-0.25, -0.2) is 0 Å². The Morgan fingerprint density at radius 3 is 2.65 bits per heavy atom. The second-order valence-corrected chi connectivity index (χ2v) is 7.08. The molecule has 4 nitrogen and oxygen atoms in total. The molecule has 0 aliphatic carbocycles. The van der Waals surface area contributed by atoms with E-state index in [1.54, 1.807) is 7.11 Å². The second-order valence-electron chi connectivity index (χ2n) is 7.08. The first-order valence-corrected chi connectivity index (χ1v) is 9.29. The Balaban J connectivity index is 1.51. The van der Waals surface area contributed by atoms with Crippen LogP contribution >= 0.6 is 0 Å². The molecular weight excluding hydrogens is 324 g/mol. The molecule has 0 amide bonds. The number of ether oxygens (including phenoxy) is 2. The highest BCUT2D eigenvalue weighted by Gasteiger charge is 2.34. The van der Waals surface area contributed by atoms with E-state index >= 15 is 0 Å². The van der Waals surface area contributed by atoms with E-state index in [0.29, 0.717) is 0 Å². The van der Waals surface area contributed by atoms with Crippen LogP contribution < -0.4 is 10.1 Å². The zero-order valence-electron chi connectivity index (χ0n) is 15.3. The SMILES string of the molecule is COc1ccc(C2(CNCc3cccc4[nH]ccc34)CCOCC2)cc1. The monoisotopic (exact) mass is 350 g/mol. The smallest absolute Gasteiger partial charge is 0.118 e. The number of nitrogens with one attached hydrogen (secondary N) is 2. The predicted molar refractivity (Wildman–Crippen MR) is 105 cm³/mol. The number of benzene rings is 2. The van der Waals surface area contributed by atoms with Gasteiger partial charge in [0.25, 0.3) is 0 Å². The maximum Gasteiger partial charge on any atom is 0.118 e. The largest absolute Gasteiger partial charge is 0.497 e. The summed E-state index contributed by atoms with van der Waals surface area (Å²) in [5, 5.41) is 5.02. The normalized spacial score (nSPS) is 16.7. The fraction of sp³-hybridized carbons (Fsp3) is 0.364. The lowest BCUT2D eigenvalue weighted by Crippen LogP contribution is -2.42. The Morgan fingerprint density at radius 1 is 1.08 bits per heavy atom. The van der Waals surface area contributed by atoms with Crippen LogP contribution in [0.2, 0.25) is 0 Å². The lowest BCUT2D eigenvalue weighted by atomic mass is 9.74. The van der Waals surface area contributed by atoms with Gasteiger partial charge in [0.05, 0.1) is 7.11 Å². The fourth-order valence-corrected chi connectivity index (χ4v) is 4.02. The van der Waals surface area contributed by atoms with Gasteiger partial charge < -0.3 is 19.8 Å². The standard InChI is InChI=1S/C22H26N2O2/c1-25-19-7-5-18(6-8-19)22(10-13-26-14-11-22)16-23-15-17-3-2-4-21-20(17)9-12-24-21/h2-9,12,23-24H,10-11,13-16H2,1H3. The average molecular weight is 350 g/mol. The summed E-state index contributed by atoms with van der Waals surface area (Å²) in [6, 6.07) is 17.1. The van der Waals surface area contributed by atoms with Crippen LogP contribution in [0.4, 0.5) is 0 Å². The van der Waals surface area contributed by atoms with Crippen LogP contribution in [-0.2, 0) is 16.7 Å². The molecule has 0 spiro atoms. The maximum absolute atomic E-state index is 5.65. The fourth-order valence-electron chi connectivity index (χ4n) is 4.02. The molecule has 1 aromatic heterocycles. The van der Waals surface area contributed by atoms with Crippen molar-refractivity contribution in [3.63, 3.8) is 0 Å². The Morgan fingerprint density at radius 2 is 1.88 bits per heavy atom. The molecule has 0 atom stereocenters. The zero-order chi connectivity index (χ0) is 17.8.